The predicted octanol–water partition coefficient (Wildman–Crippen LogP) is 4.10. The molecule has 7 nitrogen and oxygen atoms in total. The predicted molar refractivity (Wildman–Crippen MR) is 142 cm³/mol. The smallest absolute Gasteiger partial charge is 0.244 e. The normalized spacial score (nSPS) is 13.1. The summed E-state index contributed by atoms with van der Waals surface area (Å²) in [5.74, 6) is -0.664. The zero-order valence-electron chi connectivity index (χ0n) is 22.0. The zero-order valence-corrected chi connectivity index (χ0v) is 22.8. The van der Waals surface area contributed by atoms with Gasteiger partial charge in [0.25, 0.3) is 0 Å². The van der Waals surface area contributed by atoms with Gasteiger partial charge in [-0.05, 0) is 57.7 Å². The van der Waals surface area contributed by atoms with Crippen LogP contribution in [0.15, 0.2) is 42.5 Å². The topological polar surface area (TPSA) is 86.8 Å². The molecule has 2 amide bonds. The third kappa shape index (κ3) is 7.82. The fourth-order valence-corrected chi connectivity index (χ4v) is 4.95. The highest BCUT2D eigenvalue weighted by Crippen LogP contribution is 2.24. The second-order valence-corrected chi connectivity index (χ2v) is 11.2. The van der Waals surface area contributed by atoms with Crippen LogP contribution >= 0.6 is 0 Å². The van der Waals surface area contributed by atoms with Crippen molar-refractivity contribution in [3.8, 4) is 0 Å². The van der Waals surface area contributed by atoms with Crippen LogP contribution in [-0.4, -0.2) is 50.0 Å². The molecule has 0 bridgehead atoms. The van der Waals surface area contributed by atoms with Crippen LogP contribution in [0.4, 0.5) is 5.69 Å². The molecular formula is C27H39N3O4S. The highest BCUT2D eigenvalue weighted by atomic mass is 32.2. The number of sulfonamides is 1. The molecule has 2 aromatic carbocycles. The Balaban J connectivity index is 2.47. The van der Waals surface area contributed by atoms with Crippen LogP contribution < -0.4 is 9.62 Å². The molecule has 0 radical (unpaired) electrons. The molecule has 192 valence electrons. The van der Waals surface area contributed by atoms with E-state index in [2.05, 4.69) is 5.32 Å². The summed E-state index contributed by atoms with van der Waals surface area (Å²) in [6, 6.07) is 12.4. The zero-order chi connectivity index (χ0) is 26.3. The van der Waals surface area contributed by atoms with Gasteiger partial charge in [0.1, 0.15) is 12.6 Å². The molecule has 0 unspecified atom stereocenters. The average Bonchev–Trinajstić information content (AvgIpc) is 2.76. The van der Waals surface area contributed by atoms with Gasteiger partial charge >= 0.3 is 0 Å². The molecule has 0 spiro atoms. The Kier molecular flexibility index (Phi) is 9.89. The number of nitrogens with zero attached hydrogens (tertiary/aromatic N) is 2. The molecule has 0 aliphatic carbocycles. The molecule has 1 N–H and O–H groups in total. The Morgan fingerprint density at radius 2 is 1.63 bits per heavy atom. The molecular weight excluding hydrogens is 462 g/mol. The number of nitrogens with one attached hydrogen (secondary N) is 1. The van der Waals surface area contributed by atoms with Gasteiger partial charge in [-0.1, -0.05) is 61.4 Å². The maximum atomic E-state index is 13.7. The van der Waals surface area contributed by atoms with E-state index in [9.17, 15) is 18.0 Å². The van der Waals surface area contributed by atoms with Crippen LogP contribution in [0.1, 0.15) is 55.9 Å². The molecule has 0 aromatic heterocycles. The van der Waals surface area contributed by atoms with Gasteiger partial charge in [0, 0.05) is 12.6 Å². The summed E-state index contributed by atoms with van der Waals surface area (Å²) < 4.78 is 26.7. The Bertz CT molecular complexity index is 1150. The molecule has 2 atom stereocenters. The summed E-state index contributed by atoms with van der Waals surface area (Å²) in [6.45, 7) is 11.3. The monoisotopic (exact) mass is 501 g/mol. The van der Waals surface area contributed by atoms with E-state index in [0.29, 0.717) is 12.1 Å². The highest BCUT2D eigenvalue weighted by molar-refractivity contribution is 7.92. The van der Waals surface area contributed by atoms with E-state index in [1.54, 1.807) is 6.07 Å². The van der Waals surface area contributed by atoms with Crippen molar-refractivity contribution >= 4 is 27.5 Å². The SMILES string of the molecule is CC[C@@H](C)NC(=O)[C@H](CC)N(Cc1cccc(C)c1)C(=O)CN(c1ccc(C)cc1C)S(C)(=O)=O. The Hall–Kier alpha value is -2.87. The van der Waals surface area contributed by atoms with Gasteiger partial charge in [-0.3, -0.25) is 13.9 Å². The van der Waals surface area contributed by atoms with E-state index < -0.39 is 22.0 Å². The van der Waals surface area contributed by atoms with Gasteiger partial charge in [-0.15, -0.1) is 0 Å². The van der Waals surface area contributed by atoms with Crippen molar-refractivity contribution in [2.75, 3.05) is 17.1 Å². The fraction of sp³-hybridized carbons (Fsp3) is 0.481. The summed E-state index contributed by atoms with van der Waals surface area (Å²) in [5.41, 5.74) is 4.14. The largest absolute Gasteiger partial charge is 0.352 e. The minimum atomic E-state index is -3.75. The lowest BCUT2D eigenvalue weighted by atomic mass is 10.1. The van der Waals surface area contributed by atoms with Crippen LogP contribution in [-0.2, 0) is 26.2 Å². The first-order valence-electron chi connectivity index (χ1n) is 12.1. The van der Waals surface area contributed by atoms with E-state index in [-0.39, 0.29) is 25.0 Å². The van der Waals surface area contributed by atoms with Crippen molar-refractivity contribution < 1.29 is 18.0 Å². The lowest BCUT2D eigenvalue weighted by Crippen LogP contribution is -2.53. The van der Waals surface area contributed by atoms with Crippen molar-refractivity contribution in [1.29, 1.82) is 0 Å². The van der Waals surface area contributed by atoms with Gasteiger partial charge in [0.15, 0.2) is 0 Å². The molecule has 0 saturated carbocycles. The summed E-state index contributed by atoms with van der Waals surface area (Å²) in [4.78, 5) is 28.4. The van der Waals surface area contributed by atoms with Crippen LogP contribution in [0, 0.1) is 20.8 Å². The number of carbonyl (C=O) groups excluding carboxylic acids is 2. The minimum absolute atomic E-state index is 0.0322. The molecule has 0 saturated heterocycles. The maximum absolute atomic E-state index is 13.7. The lowest BCUT2D eigenvalue weighted by molar-refractivity contribution is -0.140. The first kappa shape index (κ1) is 28.4. The van der Waals surface area contributed by atoms with E-state index in [1.165, 1.54) is 4.90 Å². The van der Waals surface area contributed by atoms with E-state index in [1.807, 2.05) is 77.9 Å². The number of hydrogen-bond donors (Lipinski definition) is 1. The molecule has 35 heavy (non-hydrogen) atoms. The second kappa shape index (κ2) is 12.2. The summed E-state index contributed by atoms with van der Waals surface area (Å²) in [6.07, 6.45) is 2.27. The van der Waals surface area contributed by atoms with Gasteiger partial charge in [0.2, 0.25) is 21.8 Å². The van der Waals surface area contributed by atoms with Crippen molar-refractivity contribution in [3.63, 3.8) is 0 Å². The van der Waals surface area contributed by atoms with Crippen molar-refractivity contribution in [1.82, 2.24) is 10.2 Å². The van der Waals surface area contributed by atoms with Gasteiger partial charge in [-0.25, -0.2) is 8.42 Å². The molecule has 0 heterocycles. The van der Waals surface area contributed by atoms with Crippen LogP contribution in [0.2, 0.25) is 0 Å². The minimum Gasteiger partial charge on any atom is -0.352 e. The number of anilines is 1. The van der Waals surface area contributed by atoms with Gasteiger partial charge < -0.3 is 10.2 Å². The third-order valence-electron chi connectivity index (χ3n) is 6.12. The van der Waals surface area contributed by atoms with Gasteiger partial charge in [0.05, 0.1) is 11.9 Å². The Labute approximate surface area is 210 Å². The standard InChI is InChI=1S/C27H39N3O4S/c1-8-22(6)28-27(32)24(9-2)29(17-23-12-10-11-19(3)16-23)26(31)18-30(35(7,33)34)25-14-13-20(4)15-21(25)5/h10-16,22,24H,8-9,17-18H2,1-7H3,(H,28,32)/t22-,24+/m1/s1. The summed E-state index contributed by atoms with van der Waals surface area (Å²) in [5, 5.41) is 2.98. The lowest BCUT2D eigenvalue weighted by Gasteiger charge is -2.33. The quantitative estimate of drug-likeness (QED) is 0.502. The molecule has 0 aliphatic rings. The fourth-order valence-electron chi connectivity index (χ4n) is 4.05. The Morgan fingerprint density at radius 3 is 2.17 bits per heavy atom. The van der Waals surface area contributed by atoms with Crippen LogP contribution in [0.5, 0.6) is 0 Å². The summed E-state index contributed by atoms with van der Waals surface area (Å²) in [7, 11) is -3.75. The number of amides is 2. The maximum Gasteiger partial charge on any atom is 0.244 e. The average molecular weight is 502 g/mol. The van der Waals surface area contributed by atoms with Crippen LogP contribution in [0.25, 0.3) is 0 Å². The number of benzene rings is 2. The first-order valence-corrected chi connectivity index (χ1v) is 13.9. The second-order valence-electron chi connectivity index (χ2n) is 9.31. The van der Waals surface area contributed by atoms with Gasteiger partial charge in [-0.2, -0.15) is 0 Å². The van der Waals surface area contributed by atoms with Crippen molar-refractivity contribution in [3.05, 3.63) is 64.7 Å². The molecule has 0 fully saturated rings. The summed E-state index contributed by atoms with van der Waals surface area (Å²) >= 11 is 0. The Morgan fingerprint density at radius 1 is 0.971 bits per heavy atom. The highest BCUT2D eigenvalue weighted by Gasteiger charge is 2.32. The number of rotatable bonds is 11. The number of aryl methyl sites for hydroxylation is 3. The van der Waals surface area contributed by atoms with E-state index in [4.69, 9.17) is 0 Å². The molecule has 2 rings (SSSR count). The third-order valence-corrected chi connectivity index (χ3v) is 7.25. The first-order chi connectivity index (χ1) is 16.4. The van der Waals surface area contributed by atoms with E-state index >= 15 is 0 Å². The van der Waals surface area contributed by atoms with E-state index in [0.717, 1.165) is 39.2 Å². The molecule has 8 heteroatoms. The molecule has 2 aromatic rings. The van der Waals surface area contributed by atoms with Crippen LogP contribution in [0.3, 0.4) is 0 Å². The van der Waals surface area contributed by atoms with Crippen molar-refractivity contribution in [2.24, 2.45) is 0 Å². The number of carbonyl (C=O) groups is 2. The molecule has 0 aliphatic heterocycles. The van der Waals surface area contributed by atoms with Crippen molar-refractivity contribution in [2.45, 2.75) is 73.0 Å². The number of hydrogen-bond acceptors (Lipinski definition) is 4.